The summed E-state index contributed by atoms with van der Waals surface area (Å²) in [5.41, 5.74) is 9.12. The van der Waals surface area contributed by atoms with Gasteiger partial charge in [0.1, 0.15) is 11.7 Å². The molecule has 5 rings (SSSR count). The smallest absolute Gasteiger partial charge is 0.250 e. The highest BCUT2D eigenvalue weighted by atomic mass is 32.2. The molecule has 0 aromatic carbocycles. The van der Waals surface area contributed by atoms with Crippen LogP contribution in [-0.2, 0) is 29.7 Å². The normalized spacial score (nSPS) is 28.5. The van der Waals surface area contributed by atoms with Gasteiger partial charge < -0.3 is 5.73 Å². The number of fused-ring (bicyclic) bond motifs is 1. The van der Waals surface area contributed by atoms with Crippen LogP contribution in [-0.4, -0.2) is 63.3 Å². The van der Waals surface area contributed by atoms with Crippen LogP contribution in [0.3, 0.4) is 0 Å². The van der Waals surface area contributed by atoms with Gasteiger partial charge in [0.15, 0.2) is 0 Å². The summed E-state index contributed by atoms with van der Waals surface area (Å²) < 4.78 is 53.6. The second-order valence-electron chi connectivity index (χ2n) is 9.41. The number of piperidine rings is 1. The molecule has 0 spiro atoms. The second-order valence-corrected chi connectivity index (χ2v) is 11.3. The quantitative estimate of drug-likeness (QED) is 0.686. The fraction of sp³-hybridized carbons (Fsp3) is 0.478. The summed E-state index contributed by atoms with van der Waals surface area (Å²) in [6, 6.07) is 4.98. The minimum atomic E-state index is -3.43. The number of likely N-dealkylation sites (tertiary alicyclic amines) is 1. The average molecular weight is 491 g/mol. The molecule has 182 valence electrons. The predicted octanol–water partition coefficient (Wildman–Crippen LogP) is 2.10. The summed E-state index contributed by atoms with van der Waals surface area (Å²) in [4.78, 5) is 8.80. The van der Waals surface area contributed by atoms with E-state index in [1.807, 2.05) is 18.2 Å². The third-order valence-corrected chi connectivity index (χ3v) is 7.85. The Hall–Kier alpha value is -2.47. The topological polar surface area (TPSA) is 97.3 Å². The maximum atomic E-state index is 14.8. The third kappa shape index (κ3) is 4.57. The van der Waals surface area contributed by atoms with Gasteiger partial charge in [0.2, 0.25) is 0 Å². The van der Waals surface area contributed by atoms with Gasteiger partial charge in [0.25, 0.3) is 10.0 Å². The Balaban J connectivity index is 1.38. The number of halogens is 2. The van der Waals surface area contributed by atoms with Crippen molar-refractivity contribution in [1.82, 2.24) is 24.0 Å². The third-order valence-electron chi connectivity index (χ3n) is 6.98. The van der Waals surface area contributed by atoms with Crippen molar-refractivity contribution in [1.29, 1.82) is 0 Å². The first-order valence-electron chi connectivity index (χ1n) is 11.3. The van der Waals surface area contributed by atoms with E-state index in [4.69, 9.17) is 5.73 Å². The van der Waals surface area contributed by atoms with E-state index in [2.05, 4.69) is 19.9 Å². The molecule has 0 saturated carbocycles. The minimum absolute atomic E-state index is 0.00117. The van der Waals surface area contributed by atoms with Crippen molar-refractivity contribution >= 4 is 10.0 Å². The number of hydrogen-bond donors (Lipinski definition) is 1. The first-order chi connectivity index (χ1) is 16.2. The SMILES string of the molecule is CS(=O)(=O)n1cc2c(n1)CN(C1CC(N)[C@@H](C3CC(F)=CC=C3F)N(Cc3ccccn3)C1)C2. The Labute approximate surface area is 197 Å². The Morgan fingerprint density at radius 2 is 2.03 bits per heavy atom. The van der Waals surface area contributed by atoms with Crippen LogP contribution in [0.2, 0.25) is 0 Å². The lowest BCUT2D eigenvalue weighted by molar-refractivity contribution is 0.0142. The van der Waals surface area contributed by atoms with E-state index in [9.17, 15) is 17.2 Å². The Kier molecular flexibility index (Phi) is 6.13. The van der Waals surface area contributed by atoms with Gasteiger partial charge in [-0.1, -0.05) is 6.07 Å². The average Bonchev–Trinajstić information content (AvgIpc) is 3.36. The number of pyridine rings is 1. The van der Waals surface area contributed by atoms with Crippen molar-refractivity contribution in [3.8, 4) is 0 Å². The van der Waals surface area contributed by atoms with E-state index in [1.54, 1.807) is 12.4 Å². The number of aromatic nitrogens is 3. The van der Waals surface area contributed by atoms with Crippen molar-refractivity contribution in [2.24, 2.45) is 11.7 Å². The van der Waals surface area contributed by atoms with Crippen LogP contribution in [0.25, 0.3) is 0 Å². The van der Waals surface area contributed by atoms with Gasteiger partial charge in [0, 0.05) is 74.6 Å². The van der Waals surface area contributed by atoms with Crippen LogP contribution in [0.1, 0.15) is 29.8 Å². The van der Waals surface area contributed by atoms with E-state index in [-0.39, 0.29) is 36.2 Å². The Bertz CT molecular complexity index is 1210. The standard InChI is InChI=1S/C23H28F2N6O2S/c1-34(32,33)31-11-15-10-29(14-22(15)28-31)18-9-21(26)23(19-8-16(24)5-6-20(19)25)30(13-18)12-17-4-2-3-7-27-17/h2-7,11,18-19,21,23H,8-10,12-14,26H2,1H3/t18?,19?,21?,23-/m1/s1. The fourth-order valence-corrected chi connectivity index (χ4v) is 5.98. The summed E-state index contributed by atoms with van der Waals surface area (Å²) in [5.74, 6) is -1.33. The molecule has 1 aliphatic carbocycles. The molecule has 11 heteroatoms. The largest absolute Gasteiger partial charge is 0.326 e. The first kappa shape index (κ1) is 23.3. The zero-order chi connectivity index (χ0) is 24.0. The van der Waals surface area contributed by atoms with Crippen molar-refractivity contribution in [2.75, 3.05) is 12.8 Å². The molecule has 4 atom stereocenters. The molecule has 8 nitrogen and oxygen atoms in total. The Morgan fingerprint density at radius 3 is 2.74 bits per heavy atom. The number of nitrogens with zero attached hydrogens (tertiary/aromatic N) is 5. The van der Waals surface area contributed by atoms with Gasteiger partial charge in [-0.15, -0.1) is 0 Å². The van der Waals surface area contributed by atoms with E-state index in [0.29, 0.717) is 32.6 Å². The first-order valence-corrected chi connectivity index (χ1v) is 13.2. The van der Waals surface area contributed by atoms with Crippen molar-refractivity contribution in [2.45, 2.75) is 50.6 Å². The maximum Gasteiger partial charge on any atom is 0.250 e. The molecule has 2 aromatic heterocycles. The highest BCUT2D eigenvalue weighted by Crippen LogP contribution is 2.38. The second kappa shape index (κ2) is 8.95. The molecular formula is C23H28F2N6O2S. The highest BCUT2D eigenvalue weighted by molar-refractivity contribution is 7.89. The maximum absolute atomic E-state index is 14.8. The summed E-state index contributed by atoms with van der Waals surface area (Å²) >= 11 is 0. The monoisotopic (exact) mass is 490 g/mol. The summed E-state index contributed by atoms with van der Waals surface area (Å²) in [5, 5.41) is 4.25. The molecule has 2 N–H and O–H groups in total. The molecular weight excluding hydrogens is 462 g/mol. The van der Waals surface area contributed by atoms with Gasteiger partial charge in [-0.3, -0.25) is 14.8 Å². The molecule has 4 heterocycles. The lowest BCUT2D eigenvalue weighted by atomic mass is 9.80. The number of hydrogen-bond acceptors (Lipinski definition) is 7. The minimum Gasteiger partial charge on any atom is -0.326 e. The number of allylic oxidation sites excluding steroid dienone is 3. The lowest BCUT2D eigenvalue weighted by Gasteiger charge is -2.48. The van der Waals surface area contributed by atoms with Gasteiger partial charge in [0.05, 0.1) is 17.6 Å². The van der Waals surface area contributed by atoms with Crippen LogP contribution >= 0.6 is 0 Å². The lowest BCUT2D eigenvalue weighted by Crippen LogP contribution is -2.62. The van der Waals surface area contributed by atoms with Crippen LogP contribution in [0, 0.1) is 5.92 Å². The van der Waals surface area contributed by atoms with Gasteiger partial charge in [-0.25, -0.2) is 17.2 Å². The van der Waals surface area contributed by atoms with Crippen molar-refractivity contribution < 1.29 is 17.2 Å². The van der Waals surface area contributed by atoms with Crippen LogP contribution in [0.5, 0.6) is 0 Å². The molecule has 0 amide bonds. The van der Waals surface area contributed by atoms with Crippen LogP contribution < -0.4 is 5.73 Å². The number of nitrogens with two attached hydrogens (primary N) is 1. The molecule has 2 aliphatic heterocycles. The van der Waals surface area contributed by atoms with Gasteiger partial charge in [-0.2, -0.15) is 9.19 Å². The van der Waals surface area contributed by atoms with E-state index in [0.717, 1.165) is 27.3 Å². The Morgan fingerprint density at radius 1 is 1.21 bits per heavy atom. The zero-order valence-electron chi connectivity index (χ0n) is 18.9. The van der Waals surface area contributed by atoms with Gasteiger partial charge in [-0.05, 0) is 30.7 Å². The molecule has 0 bridgehead atoms. The van der Waals surface area contributed by atoms with E-state index < -0.39 is 15.9 Å². The molecule has 3 aliphatic rings. The molecule has 34 heavy (non-hydrogen) atoms. The molecule has 3 unspecified atom stereocenters. The van der Waals surface area contributed by atoms with Gasteiger partial charge >= 0.3 is 0 Å². The summed E-state index contributed by atoms with van der Waals surface area (Å²) in [6.45, 7) is 2.18. The number of rotatable bonds is 5. The zero-order valence-corrected chi connectivity index (χ0v) is 19.7. The molecule has 0 radical (unpaired) electrons. The molecule has 1 fully saturated rings. The van der Waals surface area contributed by atoms with Crippen LogP contribution in [0.15, 0.2) is 54.4 Å². The van der Waals surface area contributed by atoms with Crippen LogP contribution in [0.4, 0.5) is 8.78 Å². The van der Waals surface area contributed by atoms with E-state index >= 15 is 0 Å². The predicted molar refractivity (Wildman–Crippen MR) is 123 cm³/mol. The fourth-order valence-electron chi connectivity index (χ4n) is 5.41. The molecule has 2 aromatic rings. The summed E-state index contributed by atoms with van der Waals surface area (Å²) in [6.07, 6.45) is 7.42. The summed E-state index contributed by atoms with van der Waals surface area (Å²) in [7, 11) is -3.43. The van der Waals surface area contributed by atoms with E-state index in [1.165, 1.54) is 12.2 Å². The van der Waals surface area contributed by atoms with Crippen molar-refractivity contribution in [3.63, 3.8) is 0 Å². The molecule has 1 saturated heterocycles. The van der Waals surface area contributed by atoms with Crippen molar-refractivity contribution in [3.05, 3.63) is 71.3 Å². The highest BCUT2D eigenvalue weighted by Gasteiger charge is 2.44.